The van der Waals surface area contributed by atoms with Gasteiger partial charge in [0.2, 0.25) is 0 Å². The topological polar surface area (TPSA) is 36.7 Å². The van der Waals surface area contributed by atoms with Crippen molar-refractivity contribution in [1.82, 2.24) is 9.80 Å². The molecule has 1 aromatic heterocycles. The summed E-state index contributed by atoms with van der Waals surface area (Å²) in [5.41, 5.74) is 0. The second kappa shape index (κ2) is 4.99. The van der Waals surface area contributed by atoms with E-state index < -0.39 is 5.24 Å². The normalized spacial score (nSPS) is 18.9. The van der Waals surface area contributed by atoms with Crippen molar-refractivity contribution < 1.29 is 9.21 Å². The van der Waals surface area contributed by atoms with Gasteiger partial charge in [0, 0.05) is 26.2 Å². The lowest BCUT2D eigenvalue weighted by Gasteiger charge is -2.31. The van der Waals surface area contributed by atoms with Crippen LogP contribution in [-0.4, -0.2) is 48.3 Å². The standard InChI is InChI=1S/C11H15ClN2O2/c1-13-4-6-14(7-5-13)8-9-2-3-10(16-9)11(12)15/h2-3H,4-8H2,1H3. The minimum absolute atomic E-state index is 0.228. The van der Waals surface area contributed by atoms with Crippen molar-refractivity contribution >= 4 is 16.8 Å². The number of likely N-dealkylation sites (N-methyl/N-ethyl adjacent to an activating group) is 1. The monoisotopic (exact) mass is 242 g/mol. The zero-order chi connectivity index (χ0) is 11.5. The minimum Gasteiger partial charge on any atom is -0.455 e. The van der Waals surface area contributed by atoms with Gasteiger partial charge in [-0.1, -0.05) is 0 Å². The number of nitrogens with zero attached hydrogens (tertiary/aromatic N) is 2. The van der Waals surface area contributed by atoms with E-state index in [9.17, 15) is 4.79 Å². The van der Waals surface area contributed by atoms with Crippen molar-refractivity contribution in [3.63, 3.8) is 0 Å². The van der Waals surface area contributed by atoms with Crippen LogP contribution in [0.3, 0.4) is 0 Å². The van der Waals surface area contributed by atoms with Gasteiger partial charge in [0.25, 0.3) is 5.24 Å². The van der Waals surface area contributed by atoms with E-state index in [0.717, 1.165) is 38.5 Å². The molecule has 5 heteroatoms. The van der Waals surface area contributed by atoms with E-state index in [1.807, 2.05) is 6.07 Å². The van der Waals surface area contributed by atoms with Crippen molar-refractivity contribution in [1.29, 1.82) is 0 Å². The summed E-state index contributed by atoms with van der Waals surface area (Å²) in [6, 6.07) is 3.44. The van der Waals surface area contributed by atoms with Gasteiger partial charge in [0.05, 0.1) is 6.54 Å². The summed E-state index contributed by atoms with van der Waals surface area (Å²) >= 11 is 5.33. The molecule has 0 radical (unpaired) electrons. The fraction of sp³-hybridized carbons (Fsp3) is 0.545. The number of carbonyl (C=O) groups is 1. The Balaban J connectivity index is 1.91. The van der Waals surface area contributed by atoms with Crippen LogP contribution in [0.1, 0.15) is 16.3 Å². The van der Waals surface area contributed by atoms with E-state index >= 15 is 0 Å². The summed E-state index contributed by atoms with van der Waals surface area (Å²) in [4.78, 5) is 15.5. The van der Waals surface area contributed by atoms with Crippen LogP contribution >= 0.6 is 11.6 Å². The van der Waals surface area contributed by atoms with E-state index in [1.54, 1.807) is 6.07 Å². The summed E-state index contributed by atoms with van der Waals surface area (Å²) in [6.07, 6.45) is 0. The van der Waals surface area contributed by atoms with E-state index in [4.69, 9.17) is 16.0 Å². The number of hydrogen-bond donors (Lipinski definition) is 0. The van der Waals surface area contributed by atoms with Crippen LogP contribution in [0.15, 0.2) is 16.5 Å². The summed E-state index contributed by atoms with van der Waals surface area (Å²) in [6.45, 7) is 4.95. The molecule has 0 aromatic carbocycles. The Hall–Kier alpha value is -0.840. The van der Waals surface area contributed by atoms with Crippen molar-refractivity contribution in [3.8, 4) is 0 Å². The number of hydrogen-bond acceptors (Lipinski definition) is 4. The average Bonchev–Trinajstić information content (AvgIpc) is 2.70. The molecule has 1 aromatic rings. The molecule has 0 saturated carbocycles. The van der Waals surface area contributed by atoms with Crippen LogP contribution in [0.2, 0.25) is 0 Å². The highest BCUT2D eigenvalue weighted by atomic mass is 35.5. The first-order valence-corrected chi connectivity index (χ1v) is 5.72. The van der Waals surface area contributed by atoms with Crippen LogP contribution < -0.4 is 0 Å². The van der Waals surface area contributed by atoms with Gasteiger partial charge in [-0.05, 0) is 30.8 Å². The number of rotatable bonds is 3. The Morgan fingerprint density at radius 2 is 2.06 bits per heavy atom. The van der Waals surface area contributed by atoms with Gasteiger partial charge in [0.15, 0.2) is 5.76 Å². The van der Waals surface area contributed by atoms with Crippen molar-refractivity contribution in [2.75, 3.05) is 33.2 Å². The highest BCUT2D eigenvalue weighted by molar-refractivity contribution is 6.67. The molecule has 0 spiro atoms. The summed E-state index contributed by atoms with van der Waals surface area (Å²) < 4.78 is 5.34. The molecule has 0 aliphatic carbocycles. The van der Waals surface area contributed by atoms with Gasteiger partial charge >= 0.3 is 0 Å². The summed E-state index contributed by atoms with van der Waals surface area (Å²) in [5.74, 6) is 1.03. The van der Waals surface area contributed by atoms with E-state index in [2.05, 4.69) is 16.8 Å². The molecule has 88 valence electrons. The largest absolute Gasteiger partial charge is 0.455 e. The molecule has 1 fully saturated rings. The highest BCUT2D eigenvalue weighted by Gasteiger charge is 2.16. The molecule has 0 amide bonds. The Kier molecular flexibility index (Phi) is 3.63. The summed E-state index contributed by atoms with van der Waals surface area (Å²) in [7, 11) is 2.12. The lowest BCUT2D eigenvalue weighted by atomic mass is 10.3. The third kappa shape index (κ3) is 2.84. The second-order valence-corrected chi connectivity index (χ2v) is 4.46. The van der Waals surface area contributed by atoms with Gasteiger partial charge in [-0.25, -0.2) is 0 Å². The number of furan rings is 1. The highest BCUT2D eigenvalue weighted by Crippen LogP contribution is 2.13. The smallest absolute Gasteiger partial charge is 0.287 e. The van der Waals surface area contributed by atoms with Gasteiger partial charge in [-0.3, -0.25) is 9.69 Å². The third-order valence-electron chi connectivity index (χ3n) is 2.83. The summed E-state index contributed by atoms with van der Waals surface area (Å²) in [5, 5.41) is -0.537. The zero-order valence-electron chi connectivity index (χ0n) is 9.28. The van der Waals surface area contributed by atoms with E-state index in [-0.39, 0.29) is 5.76 Å². The van der Waals surface area contributed by atoms with Crippen LogP contribution in [0, 0.1) is 0 Å². The maximum atomic E-state index is 10.8. The zero-order valence-corrected chi connectivity index (χ0v) is 10.0. The van der Waals surface area contributed by atoms with Crippen LogP contribution in [0.25, 0.3) is 0 Å². The maximum absolute atomic E-state index is 10.8. The number of piperazine rings is 1. The third-order valence-corrected chi connectivity index (χ3v) is 3.02. The van der Waals surface area contributed by atoms with Crippen molar-refractivity contribution in [2.24, 2.45) is 0 Å². The number of halogens is 1. The molecule has 0 N–H and O–H groups in total. The van der Waals surface area contributed by atoms with Gasteiger partial charge < -0.3 is 9.32 Å². The fourth-order valence-corrected chi connectivity index (χ4v) is 1.90. The fourth-order valence-electron chi connectivity index (χ4n) is 1.79. The SMILES string of the molecule is CN1CCN(Cc2ccc(C(=O)Cl)o2)CC1. The Morgan fingerprint density at radius 3 is 2.62 bits per heavy atom. The lowest BCUT2D eigenvalue weighted by molar-refractivity contribution is 0.104. The predicted octanol–water partition coefficient (Wildman–Crippen LogP) is 1.41. The van der Waals surface area contributed by atoms with Crippen LogP contribution in [0.4, 0.5) is 0 Å². The van der Waals surface area contributed by atoms with Crippen LogP contribution in [0.5, 0.6) is 0 Å². The van der Waals surface area contributed by atoms with E-state index in [0.29, 0.717) is 0 Å². The molecule has 2 heterocycles. The minimum atomic E-state index is -0.537. The molecule has 0 unspecified atom stereocenters. The Bertz CT molecular complexity index is 370. The molecule has 16 heavy (non-hydrogen) atoms. The first-order chi connectivity index (χ1) is 7.65. The van der Waals surface area contributed by atoms with Crippen molar-refractivity contribution in [2.45, 2.75) is 6.54 Å². The number of carbonyl (C=O) groups excluding carboxylic acids is 1. The average molecular weight is 243 g/mol. The van der Waals surface area contributed by atoms with Gasteiger partial charge in [0.1, 0.15) is 5.76 Å². The van der Waals surface area contributed by atoms with Gasteiger partial charge in [-0.15, -0.1) is 0 Å². The first kappa shape index (κ1) is 11.6. The predicted molar refractivity (Wildman–Crippen MR) is 61.7 cm³/mol. The molecule has 2 rings (SSSR count). The van der Waals surface area contributed by atoms with Crippen LogP contribution in [-0.2, 0) is 6.54 Å². The van der Waals surface area contributed by atoms with E-state index in [1.165, 1.54) is 0 Å². The molecule has 1 aliphatic rings. The lowest BCUT2D eigenvalue weighted by Crippen LogP contribution is -2.43. The molecule has 4 nitrogen and oxygen atoms in total. The van der Waals surface area contributed by atoms with Gasteiger partial charge in [-0.2, -0.15) is 0 Å². The quantitative estimate of drug-likeness (QED) is 0.751. The molecule has 1 aliphatic heterocycles. The molecular weight excluding hydrogens is 228 g/mol. The second-order valence-electron chi connectivity index (χ2n) is 4.12. The molecule has 0 atom stereocenters. The molecule has 1 saturated heterocycles. The molecular formula is C11H15ClN2O2. The maximum Gasteiger partial charge on any atom is 0.287 e. The first-order valence-electron chi connectivity index (χ1n) is 5.34. The Morgan fingerprint density at radius 1 is 1.38 bits per heavy atom. The molecule has 0 bridgehead atoms. The van der Waals surface area contributed by atoms with Crippen molar-refractivity contribution in [3.05, 3.63) is 23.7 Å². The Labute approximate surface area is 99.8 Å².